The van der Waals surface area contributed by atoms with Crippen molar-refractivity contribution in [3.8, 4) is 0 Å². The molecule has 3 aromatic rings. The number of carbonyl (C=O) groups excluding carboxylic acids is 3. The van der Waals surface area contributed by atoms with E-state index in [1.54, 1.807) is 36.4 Å². The molecule has 3 N–H and O–H groups in total. The van der Waals surface area contributed by atoms with Gasteiger partial charge >= 0.3 is 11.8 Å². The lowest BCUT2D eigenvalue weighted by molar-refractivity contribution is -0.136. The number of hydrogen-bond acceptors (Lipinski definition) is 5. The van der Waals surface area contributed by atoms with Crippen molar-refractivity contribution in [3.05, 3.63) is 81.5 Å². The molecule has 0 saturated carbocycles. The van der Waals surface area contributed by atoms with Gasteiger partial charge in [-0.3, -0.25) is 14.4 Å². The molecule has 0 spiro atoms. The molecule has 0 radical (unpaired) electrons. The molecule has 3 rings (SSSR count). The molecule has 7 nitrogen and oxygen atoms in total. The molecular weight excluding hydrogens is 412 g/mol. The first-order valence-electron chi connectivity index (χ1n) is 8.37. The predicted octanol–water partition coefficient (Wildman–Crippen LogP) is 3.74. The van der Waals surface area contributed by atoms with E-state index in [2.05, 4.69) is 21.2 Å². The van der Waals surface area contributed by atoms with Crippen LogP contribution in [0.5, 0.6) is 0 Å². The fourth-order valence-corrected chi connectivity index (χ4v) is 2.98. The summed E-state index contributed by atoms with van der Waals surface area (Å²) in [5.41, 5.74) is 3.09. The highest BCUT2D eigenvalue weighted by atomic mass is 35.5. The molecule has 29 heavy (non-hydrogen) atoms. The molecule has 0 saturated heterocycles. The summed E-state index contributed by atoms with van der Waals surface area (Å²) in [5.74, 6) is -2.34. The Morgan fingerprint density at radius 1 is 0.897 bits per heavy atom. The third-order valence-corrected chi connectivity index (χ3v) is 4.69. The van der Waals surface area contributed by atoms with Crippen LogP contribution in [0.3, 0.4) is 0 Å². The van der Waals surface area contributed by atoms with E-state index in [1.807, 2.05) is 17.5 Å². The van der Waals surface area contributed by atoms with Crippen LogP contribution < -0.4 is 16.1 Å². The summed E-state index contributed by atoms with van der Waals surface area (Å²) in [6.07, 6.45) is 1.43. The standard InChI is InChI=1S/C20H15ClN4O3S/c21-13-7-9-14(10-8-13)23-18(26)16-5-1-2-6-17(16)24-19(27)20(28)25-22-12-15-4-3-11-29-15/h1-12H,(H,23,26)(H,24,27)(H,25,28)/b22-12+. The van der Waals surface area contributed by atoms with Crippen molar-refractivity contribution in [1.29, 1.82) is 0 Å². The van der Waals surface area contributed by atoms with Crippen LogP contribution in [0, 0.1) is 0 Å². The zero-order valence-electron chi connectivity index (χ0n) is 14.9. The number of anilines is 2. The van der Waals surface area contributed by atoms with E-state index in [1.165, 1.54) is 29.7 Å². The van der Waals surface area contributed by atoms with E-state index in [-0.39, 0.29) is 11.3 Å². The smallest absolute Gasteiger partial charge is 0.322 e. The van der Waals surface area contributed by atoms with E-state index in [0.29, 0.717) is 10.7 Å². The summed E-state index contributed by atoms with van der Waals surface area (Å²) in [6.45, 7) is 0. The topological polar surface area (TPSA) is 99.7 Å². The molecule has 0 atom stereocenters. The van der Waals surface area contributed by atoms with E-state index in [4.69, 9.17) is 11.6 Å². The summed E-state index contributed by atoms with van der Waals surface area (Å²) in [4.78, 5) is 37.5. The van der Waals surface area contributed by atoms with Crippen LogP contribution >= 0.6 is 22.9 Å². The number of nitrogens with one attached hydrogen (secondary N) is 3. The average molecular weight is 427 g/mol. The van der Waals surface area contributed by atoms with Gasteiger partial charge in [0.15, 0.2) is 0 Å². The van der Waals surface area contributed by atoms with Gasteiger partial charge in [-0.25, -0.2) is 5.43 Å². The monoisotopic (exact) mass is 426 g/mol. The summed E-state index contributed by atoms with van der Waals surface area (Å²) in [7, 11) is 0. The molecule has 1 heterocycles. The molecule has 0 bridgehead atoms. The molecule has 0 unspecified atom stereocenters. The zero-order valence-corrected chi connectivity index (χ0v) is 16.5. The van der Waals surface area contributed by atoms with Crippen LogP contribution in [-0.2, 0) is 9.59 Å². The molecular formula is C20H15ClN4O3S. The quantitative estimate of drug-likeness (QED) is 0.329. The maximum absolute atomic E-state index is 12.6. The molecule has 3 amide bonds. The van der Waals surface area contributed by atoms with Gasteiger partial charge in [0.1, 0.15) is 0 Å². The summed E-state index contributed by atoms with van der Waals surface area (Å²) >= 11 is 7.27. The Morgan fingerprint density at radius 3 is 2.38 bits per heavy atom. The highest BCUT2D eigenvalue weighted by Gasteiger charge is 2.17. The Labute approximate surface area is 175 Å². The van der Waals surface area contributed by atoms with Gasteiger partial charge < -0.3 is 10.6 Å². The molecule has 0 fully saturated rings. The van der Waals surface area contributed by atoms with E-state index in [0.717, 1.165) is 4.88 Å². The number of halogens is 1. The maximum Gasteiger partial charge on any atom is 0.329 e. The number of benzene rings is 2. The van der Waals surface area contributed by atoms with E-state index in [9.17, 15) is 14.4 Å². The molecule has 2 aromatic carbocycles. The lowest BCUT2D eigenvalue weighted by Crippen LogP contribution is -2.33. The number of para-hydroxylation sites is 1. The Balaban J connectivity index is 1.64. The van der Waals surface area contributed by atoms with Gasteiger partial charge in [0.05, 0.1) is 17.5 Å². The van der Waals surface area contributed by atoms with E-state index < -0.39 is 17.7 Å². The third-order valence-electron chi connectivity index (χ3n) is 3.63. The molecule has 0 aliphatic carbocycles. The highest BCUT2D eigenvalue weighted by Crippen LogP contribution is 2.19. The van der Waals surface area contributed by atoms with Crippen LogP contribution in [0.4, 0.5) is 11.4 Å². The number of amides is 3. The van der Waals surface area contributed by atoms with Gasteiger partial charge in [0.25, 0.3) is 5.91 Å². The first-order chi connectivity index (χ1) is 14.0. The molecule has 0 aliphatic rings. The number of thiophene rings is 1. The first kappa shape index (κ1) is 20.2. The predicted molar refractivity (Wildman–Crippen MR) is 115 cm³/mol. The van der Waals surface area contributed by atoms with Gasteiger partial charge in [-0.05, 0) is 47.8 Å². The number of hydrazone groups is 1. The minimum atomic E-state index is -0.953. The number of carbonyl (C=O) groups is 3. The second kappa shape index (κ2) is 9.63. The second-order valence-corrected chi connectivity index (χ2v) is 7.09. The van der Waals surface area contributed by atoms with Gasteiger partial charge in [-0.15, -0.1) is 11.3 Å². The normalized spacial score (nSPS) is 10.5. The zero-order chi connectivity index (χ0) is 20.6. The largest absolute Gasteiger partial charge is 0.329 e. The van der Waals surface area contributed by atoms with Crippen LogP contribution in [0.15, 0.2) is 71.1 Å². The van der Waals surface area contributed by atoms with Gasteiger partial charge in [0.2, 0.25) is 0 Å². The van der Waals surface area contributed by atoms with Gasteiger partial charge in [-0.1, -0.05) is 29.8 Å². The molecule has 1 aromatic heterocycles. The van der Waals surface area contributed by atoms with Gasteiger partial charge in [-0.2, -0.15) is 5.10 Å². The summed E-state index contributed by atoms with van der Waals surface area (Å²) < 4.78 is 0. The third kappa shape index (κ3) is 5.74. The number of nitrogens with zero attached hydrogens (tertiary/aromatic N) is 1. The second-order valence-electron chi connectivity index (χ2n) is 5.68. The van der Waals surface area contributed by atoms with Crippen LogP contribution in [0.1, 0.15) is 15.2 Å². The SMILES string of the molecule is O=C(N/N=C/c1cccs1)C(=O)Nc1ccccc1C(=O)Nc1ccc(Cl)cc1. The lowest BCUT2D eigenvalue weighted by Gasteiger charge is -2.11. The van der Waals surface area contributed by atoms with Crippen molar-refractivity contribution in [1.82, 2.24) is 5.43 Å². The average Bonchev–Trinajstić information content (AvgIpc) is 3.23. The van der Waals surface area contributed by atoms with Crippen LogP contribution in [-0.4, -0.2) is 23.9 Å². The van der Waals surface area contributed by atoms with Gasteiger partial charge in [0, 0.05) is 15.6 Å². The van der Waals surface area contributed by atoms with Crippen molar-refractivity contribution < 1.29 is 14.4 Å². The Kier molecular flexibility index (Phi) is 6.72. The van der Waals surface area contributed by atoms with Crippen molar-refractivity contribution in [2.45, 2.75) is 0 Å². The Hall–Kier alpha value is -3.49. The van der Waals surface area contributed by atoms with Crippen LogP contribution in [0.25, 0.3) is 0 Å². The number of rotatable bonds is 5. The summed E-state index contributed by atoms with van der Waals surface area (Å²) in [6, 6.07) is 16.6. The Morgan fingerprint density at radius 2 is 1.66 bits per heavy atom. The van der Waals surface area contributed by atoms with Crippen molar-refractivity contribution in [2.24, 2.45) is 5.10 Å². The Bertz CT molecular complexity index is 1050. The fraction of sp³-hybridized carbons (Fsp3) is 0. The molecule has 9 heteroatoms. The fourth-order valence-electron chi connectivity index (χ4n) is 2.27. The molecule has 0 aliphatic heterocycles. The van der Waals surface area contributed by atoms with Crippen LogP contribution in [0.2, 0.25) is 5.02 Å². The van der Waals surface area contributed by atoms with Crippen molar-refractivity contribution >= 4 is 58.2 Å². The van der Waals surface area contributed by atoms with E-state index >= 15 is 0 Å². The minimum Gasteiger partial charge on any atom is -0.322 e. The lowest BCUT2D eigenvalue weighted by atomic mass is 10.1. The molecule has 146 valence electrons. The van der Waals surface area contributed by atoms with Crippen molar-refractivity contribution in [3.63, 3.8) is 0 Å². The maximum atomic E-state index is 12.6. The number of hydrogen-bond donors (Lipinski definition) is 3. The highest BCUT2D eigenvalue weighted by molar-refractivity contribution is 7.11. The van der Waals surface area contributed by atoms with Crippen molar-refractivity contribution in [2.75, 3.05) is 10.6 Å². The first-order valence-corrected chi connectivity index (χ1v) is 9.62. The minimum absolute atomic E-state index is 0.196. The summed E-state index contributed by atoms with van der Waals surface area (Å²) in [5, 5.41) is 11.3.